The molecular formula is C81H53FN2O2S. The number of thiophene rings is 1. The molecule has 1 unspecified atom stereocenters. The normalized spacial score (nSPS) is 14.2. The molecule has 0 amide bonds. The van der Waals surface area contributed by atoms with Crippen molar-refractivity contribution < 1.29 is 13.2 Å². The lowest BCUT2D eigenvalue weighted by atomic mass is 9.76. The molecule has 3 aromatic heterocycles. The summed E-state index contributed by atoms with van der Waals surface area (Å²) >= 11 is 1.77. The summed E-state index contributed by atoms with van der Waals surface area (Å²) in [5.74, 6) is -0.358. The molecule has 1 atom stereocenters. The Hall–Kier alpha value is -10.8. The number of hydrogen-bond acceptors (Lipinski definition) is 5. The molecule has 0 bridgehead atoms. The number of allylic oxidation sites excluding steroid dienone is 4. The molecule has 0 aliphatic heterocycles. The third kappa shape index (κ3) is 8.16. The summed E-state index contributed by atoms with van der Waals surface area (Å²) in [4.78, 5) is 4.59. The lowest BCUT2D eigenvalue weighted by molar-refractivity contribution is 0.600. The van der Waals surface area contributed by atoms with E-state index in [1.807, 2.05) is 72.8 Å². The van der Waals surface area contributed by atoms with Crippen LogP contribution in [0.4, 0.5) is 38.5 Å². The van der Waals surface area contributed by atoms with Crippen LogP contribution in [0.15, 0.2) is 300 Å². The molecule has 1 aliphatic rings. The Morgan fingerprint density at radius 2 is 0.862 bits per heavy atom. The standard InChI is InChI=1S/C81H53FN2O2S/c1-81(44-20-5-21-45-81)55-42-43-67(64(48-55)52-26-8-3-9-27-52)83(68-38-22-36-62-58-32-16-18-40-72(58)85-79(62)68)70-49-74-76(60-34-14-12-30-56(60)70)77-61-35-15-13-31-57(61)71(50-75(77)87-74)84(69-39-23-37-63-59-33-17-19-41-73(59)86-80(63)69)78-65(53-28-10-4-11-29-53)46-54(47-66(78)82)51-24-6-2-7-25-51/h2-44,46-50H,45H2,1H3. The van der Waals surface area contributed by atoms with Gasteiger partial charge in [-0.25, -0.2) is 4.39 Å². The molecule has 412 valence electrons. The van der Waals surface area contributed by atoms with Crippen molar-refractivity contribution in [2.75, 3.05) is 9.80 Å². The van der Waals surface area contributed by atoms with Crippen molar-refractivity contribution in [2.24, 2.45) is 0 Å². The Labute approximate surface area is 505 Å². The van der Waals surface area contributed by atoms with Crippen LogP contribution < -0.4 is 9.80 Å². The summed E-state index contributed by atoms with van der Waals surface area (Å²) in [6, 6.07) is 93.5. The van der Waals surface area contributed by atoms with Gasteiger partial charge >= 0.3 is 0 Å². The minimum atomic E-state index is -0.358. The predicted octanol–water partition coefficient (Wildman–Crippen LogP) is 24.0. The third-order valence-corrected chi connectivity index (χ3v) is 19.0. The van der Waals surface area contributed by atoms with Gasteiger partial charge in [0.15, 0.2) is 11.2 Å². The zero-order chi connectivity index (χ0) is 57.7. The SMILES string of the molecule is CC1(c2ccc(N(c3cc4sc5cc(N(c6c(F)cc(-c7ccccc7)cc6-c6ccccc6)c6cccc7c6oc6ccccc67)c6ccccc6c5c4c4ccccc34)c3cccc4c3oc3ccccc34)c(-c3ccccc3)c2)C=CC=CC1. The van der Waals surface area contributed by atoms with Gasteiger partial charge in [-0.2, -0.15) is 0 Å². The number of nitrogens with zero attached hydrogens (tertiary/aromatic N) is 2. The van der Waals surface area contributed by atoms with Gasteiger partial charge in [0.2, 0.25) is 0 Å². The topological polar surface area (TPSA) is 32.8 Å². The molecule has 1 aliphatic carbocycles. The highest BCUT2D eigenvalue weighted by molar-refractivity contribution is 7.26. The number of benzene rings is 13. The van der Waals surface area contributed by atoms with Gasteiger partial charge in [0, 0.05) is 69.0 Å². The van der Waals surface area contributed by atoms with Gasteiger partial charge in [-0.05, 0) is 106 Å². The second-order valence-corrected chi connectivity index (χ2v) is 24.1. The van der Waals surface area contributed by atoms with Gasteiger partial charge in [0.25, 0.3) is 0 Å². The van der Waals surface area contributed by atoms with E-state index in [0.29, 0.717) is 11.3 Å². The first-order valence-electron chi connectivity index (χ1n) is 29.6. The van der Waals surface area contributed by atoms with E-state index in [-0.39, 0.29) is 11.2 Å². The molecule has 0 saturated carbocycles. The average Bonchev–Trinajstić information content (AvgIpc) is 1.81. The molecule has 0 radical (unpaired) electrons. The van der Waals surface area contributed by atoms with Crippen molar-refractivity contribution in [1.29, 1.82) is 0 Å². The Morgan fingerprint density at radius 1 is 0.379 bits per heavy atom. The van der Waals surface area contributed by atoms with Gasteiger partial charge < -0.3 is 18.6 Å². The van der Waals surface area contributed by atoms with Crippen LogP contribution in [-0.4, -0.2) is 0 Å². The van der Waals surface area contributed by atoms with Crippen molar-refractivity contribution in [3.63, 3.8) is 0 Å². The minimum Gasteiger partial charge on any atom is -0.454 e. The van der Waals surface area contributed by atoms with Crippen molar-refractivity contribution in [2.45, 2.75) is 18.8 Å². The summed E-state index contributed by atoms with van der Waals surface area (Å²) in [6.07, 6.45) is 9.83. The Balaban J connectivity index is 0.964. The van der Waals surface area contributed by atoms with Crippen LogP contribution in [0.25, 0.3) is 119 Å². The fourth-order valence-electron chi connectivity index (χ4n) is 13.7. The maximum Gasteiger partial charge on any atom is 0.159 e. The molecule has 3 heterocycles. The van der Waals surface area contributed by atoms with Crippen LogP contribution >= 0.6 is 11.3 Å². The molecule has 87 heavy (non-hydrogen) atoms. The molecule has 0 fully saturated rings. The number of furan rings is 2. The Morgan fingerprint density at radius 3 is 1.43 bits per heavy atom. The molecule has 13 aromatic carbocycles. The predicted molar refractivity (Wildman–Crippen MR) is 365 cm³/mol. The Bertz CT molecular complexity index is 5490. The molecule has 0 spiro atoms. The fraction of sp³-hybridized carbons (Fsp3) is 0.0370. The smallest absolute Gasteiger partial charge is 0.159 e. The lowest BCUT2D eigenvalue weighted by Crippen LogP contribution is -2.20. The van der Waals surface area contributed by atoms with Crippen LogP contribution in [0, 0.1) is 5.82 Å². The molecule has 16 aromatic rings. The number of anilines is 6. The van der Waals surface area contributed by atoms with Gasteiger partial charge in [0.05, 0.1) is 34.1 Å². The number of halogens is 1. The summed E-state index contributed by atoms with van der Waals surface area (Å²) in [6.45, 7) is 2.33. The average molecular weight is 1140 g/mol. The minimum absolute atomic E-state index is 0.195. The van der Waals surface area contributed by atoms with Crippen LogP contribution in [0.2, 0.25) is 0 Å². The number of rotatable bonds is 10. The summed E-state index contributed by atoms with van der Waals surface area (Å²) in [5, 5.41) is 10.6. The molecule has 6 heteroatoms. The fourth-order valence-corrected chi connectivity index (χ4v) is 14.9. The van der Waals surface area contributed by atoms with Crippen LogP contribution in [0.3, 0.4) is 0 Å². The van der Waals surface area contributed by atoms with E-state index in [1.165, 1.54) is 5.56 Å². The van der Waals surface area contributed by atoms with E-state index < -0.39 is 0 Å². The first-order chi connectivity index (χ1) is 42.9. The zero-order valence-electron chi connectivity index (χ0n) is 47.4. The van der Waals surface area contributed by atoms with E-state index in [0.717, 1.165) is 148 Å². The maximum atomic E-state index is 18.5. The van der Waals surface area contributed by atoms with Gasteiger partial charge in [-0.1, -0.05) is 237 Å². The van der Waals surface area contributed by atoms with E-state index in [9.17, 15) is 0 Å². The highest BCUT2D eigenvalue weighted by Gasteiger charge is 2.32. The maximum absolute atomic E-state index is 18.5. The first-order valence-corrected chi connectivity index (χ1v) is 30.4. The van der Waals surface area contributed by atoms with E-state index in [1.54, 1.807) is 17.4 Å². The second kappa shape index (κ2) is 20.2. The largest absolute Gasteiger partial charge is 0.454 e. The molecular weight excluding hydrogens is 1080 g/mol. The van der Waals surface area contributed by atoms with Crippen molar-refractivity contribution >= 4 is 131 Å². The highest BCUT2D eigenvalue weighted by Crippen LogP contribution is 2.55. The molecule has 0 saturated heterocycles. The van der Waals surface area contributed by atoms with Crippen molar-refractivity contribution in [3.05, 3.63) is 303 Å². The number of hydrogen-bond donors (Lipinski definition) is 0. The Kier molecular flexibility index (Phi) is 11.8. The number of fused-ring (bicyclic) bond motifs is 13. The van der Waals surface area contributed by atoms with Crippen LogP contribution in [0.5, 0.6) is 0 Å². The molecule has 4 nitrogen and oxygen atoms in total. The summed E-state index contributed by atoms with van der Waals surface area (Å²) < 4.78 is 34.6. The molecule has 0 N–H and O–H groups in total. The highest BCUT2D eigenvalue weighted by atomic mass is 32.1. The summed E-state index contributed by atoms with van der Waals surface area (Å²) in [7, 11) is 0. The second-order valence-electron chi connectivity index (χ2n) is 23.0. The van der Waals surface area contributed by atoms with E-state index in [2.05, 4.69) is 229 Å². The van der Waals surface area contributed by atoms with Crippen LogP contribution in [-0.2, 0) is 5.41 Å². The first kappa shape index (κ1) is 50.7. The van der Waals surface area contributed by atoms with Gasteiger partial charge in [0.1, 0.15) is 17.0 Å². The van der Waals surface area contributed by atoms with E-state index in [4.69, 9.17) is 8.83 Å². The number of para-hydroxylation sites is 4. The van der Waals surface area contributed by atoms with Crippen molar-refractivity contribution in [3.8, 4) is 33.4 Å². The van der Waals surface area contributed by atoms with Crippen molar-refractivity contribution in [1.82, 2.24) is 0 Å². The van der Waals surface area contributed by atoms with Gasteiger partial charge in [-0.15, -0.1) is 11.3 Å². The third-order valence-electron chi connectivity index (χ3n) is 17.9. The quantitative estimate of drug-likeness (QED) is 0.137. The monoisotopic (exact) mass is 1140 g/mol. The van der Waals surface area contributed by atoms with Crippen LogP contribution in [0.1, 0.15) is 18.9 Å². The zero-order valence-corrected chi connectivity index (χ0v) is 48.2. The van der Waals surface area contributed by atoms with Gasteiger partial charge in [-0.3, -0.25) is 0 Å². The summed E-state index contributed by atoms with van der Waals surface area (Å²) in [5.41, 5.74) is 14.7. The lowest BCUT2D eigenvalue weighted by Gasteiger charge is -2.32. The molecule has 17 rings (SSSR count). The van der Waals surface area contributed by atoms with E-state index >= 15 is 4.39 Å².